The minimum Gasteiger partial charge on any atom is -0.462 e. The van der Waals surface area contributed by atoms with Crippen LogP contribution in [0.2, 0.25) is 0 Å². The molecule has 0 aliphatic carbocycles. The van der Waals surface area contributed by atoms with Gasteiger partial charge in [0, 0.05) is 43.7 Å². The average molecular weight is 450 g/mol. The number of para-hydroxylation sites is 1. The summed E-state index contributed by atoms with van der Waals surface area (Å²) in [6.45, 7) is 5.54. The Labute approximate surface area is 188 Å². The van der Waals surface area contributed by atoms with E-state index >= 15 is 0 Å². The van der Waals surface area contributed by atoms with E-state index < -0.39 is 0 Å². The number of urea groups is 1. The third-order valence-electron chi connectivity index (χ3n) is 5.77. The number of likely N-dealkylation sites (tertiary alicyclic amines) is 2. The maximum absolute atomic E-state index is 12.4. The van der Waals surface area contributed by atoms with Crippen molar-refractivity contribution in [1.29, 1.82) is 0 Å². The first-order chi connectivity index (χ1) is 14.4. The zero-order valence-electron chi connectivity index (χ0n) is 17.7. The number of ether oxygens (including phenoxy) is 1. The summed E-state index contributed by atoms with van der Waals surface area (Å²) >= 11 is 6.98. The molecule has 2 saturated heterocycles. The van der Waals surface area contributed by atoms with Gasteiger partial charge in [-0.2, -0.15) is 0 Å². The normalized spacial score (nSPS) is 22.5. The van der Waals surface area contributed by atoms with Crippen LogP contribution in [0.25, 0.3) is 0 Å². The molecule has 3 rings (SSSR count). The highest BCUT2D eigenvalue weighted by Gasteiger charge is 2.28. The van der Waals surface area contributed by atoms with Crippen LogP contribution in [-0.2, 0) is 9.53 Å². The monoisotopic (exact) mass is 449 g/mol. The van der Waals surface area contributed by atoms with Crippen LogP contribution in [0.4, 0.5) is 10.5 Å². The van der Waals surface area contributed by atoms with Crippen molar-refractivity contribution >= 4 is 46.0 Å². The molecule has 0 unspecified atom stereocenters. The lowest BCUT2D eigenvalue weighted by Crippen LogP contribution is -2.46. The van der Waals surface area contributed by atoms with Gasteiger partial charge in [0.05, 0.1) is 5.75 Å². The van der Waals surface area contributed by atoms with Crippen molar-refractivity contribution in [3.63, 3.8) is 0 Å². The first kappa shape index (κ1) is 22.9. The molecule has 0 radical (unpaired) electrons. The van der Waals surface area contributed by atoms with Gasteiger partial charge in [0.1, 0.15) is 10.4 Å². The Morgan fingerprint density at radius 2 is 1.73 bits per heavy atom. The summed E-state index contributed by atoms with van der Waals surface area (Å²) in [7, 11) is 0. The molecule has 2 aliphatic rings. The molecule has 0 aromatic heterocycles. The topological polar surface area (TPSA) is 61.9 Å². The Hall–Kier alpha value is -1.80. The highest BCUT2D eigenvalue weighted by molar-refractivity contribution is 8.23. The van der Waals surface area contributed by atoms with E-state index in [1.807, 2.05) is 30.3 Å². The number of carbonyl (C=O) groups is 2. The van der Waals surface area contributed by atoms with Gasteiger partial charge in [0.15, 0.2) is 0 Å². The summed E-state index contributed by atoms with van der Waals surface area (Å²) in [6.07, 6.45) is 4.70. The number of nitrogens with zero attached hydrogens (tertiary/aromatic N) is 2. The van der Waals surface area contributed by atoms with Crippen molar-refractivity contribution in [1.82, 2.24) is 9.80 Å². The maximum atomic E-state index is 12.4. The van der Waals surface area contributed by atoms with Crippen molar-refractivity contribution in [3.8, 4) is 0 Å². The third-order valence-corrected chi connectivity index (χ3v) is 7.17. The van der Waals surface area contributed by atoms with Crippen LogP contribution < -0.4 is 5.32 Å². The fourth-order valence-corrected chi connectivity index (χ4v) is 5.45. The van der Waals surface area contributed by atoms with Crippen LogP contribution in [0.1, 0.15) is 46.0 Å². The number of hydrogen-bond acceptors (Lipinski definition) is 5. The van der Waals surface area contributed by atoms with Crippen molar-refractivity contribution in [2.24, 2.45) is 0 Å². The van der Waals surface area contributed by atoms with Gasteiger partial charge in [-0.1, -0.05) is 42.2 Å². The molecular weight excluding hydrogens is 418 g/mol. The third kappa shape index (κ3) is 6.35. The fraction of sp³-hybridized carbons (Fsp3) is 0.591. The van der Waals surface area contributed by atoms with Crippen LogP contribution in [0.15, 0.2) is 30.3 Å². The molecule has 8 heteroatoms. The number of rotatable bonds is 4. The number of thioether (sulfide) groups is 1. The van der Waals surface area contributed by atoms with Gasteiger partial charge in [-0.15, -0.1) is 0 Å². The SMILES string of the molecule is C[C@H]1CCC[C@H](C)N1C(=S)SCC(=O)OC1CCN(C(=O)Nc2ccccc2)CC1. The smallest absolute Gasteiger partial charge is 0.321 e. The zero-order chi connectivity index (χ0) is 21.5. The minimum atomic E-state index is -0.230. The predicted octanol–water partition coefficient (Wildman–Crippen LogP) is 4.51. The molecule has 2 aliphatic heterocycles. The molecule has 2 fully saturated rings. The van der Waals surface area contributed by atoms with Gasteiger partial charge in [-0.25, -0.2) is 4.79 Å². The Kier molecular flexibility index (Phi) is 8.39. The molecule has 0 saturated carbocycles. The highest BCUT2D eigenvalue weighted by Crippen LogP contribution is 2.26. The summed E-state index contributed by atoms with van der Waals surface area (Å²) in [6, 6.07) is 10.1. The molecule has 2 heterocycles. The largest absolute Gasteiger partial charge is 0.462 e. The second kappa shape index (κ2) is 11.0. The standard InChI is InChI=1S/C22H31N3O3S2/c1-16-7-6-8-17(2)25(16)22(29)30-15-20(26)28-19-11-13-24(14-12-19)21(27)23-18-9-4-3-5-10-18/h3-5,9-10,16-17,19H,6-8,11-15H2,1-2H3,(H,23,27)/t16-,17-/m0/s1. The number of hydrogen-bond donors (Lipinski definition) is 1. The minimum absolute atomic E-state index is 0.114. The van der Waals surface area contributed by atoms with E-state index in [0.29, 0.717) is 38.0 Å². The van der Waals surface area contributed by atoms with Gasteiger partial charge in [-0.3, -0.25) is 4.79 Å². The first-order valence-corrected chi connectivity index (χ1v) is 12.1. The number of amides is 2. The lowest BCUT2D eigenvalue weighted by Gasteiger charge is -2.40. The number of esters is 1. The highest BCUT2D eigenvalue weighted by atomic mass is 32.2. The Morgan fingerprint density at radius 3 is 2.37 bits per heavy atom. The van der Waals surface area contributed by atoms with Gasteiger partial charge >= 0.3 is 12.0 Å². The second-order valence-corrected chi connectivity index (χ2v) is 9.67. The average Bonchev–Trinajstić information content (AvgIpc) is 2.73. The predicted molar refractivity (Wildman–Crippen MR) is 126 cm³/mol. The van der Waals surface area contributed by atoms with Crippen LogP contribution >= 0.6 is 24.0 Å². The van der Waals surface area contributed by atoms with E-state index in [0.717, 1.165) is 22.8 Å². The Morgan fingerprint density at radius 1 is 1.10 bits per heavy atom. The van der Waals surface area contributed by atoms with Crippen molar-refractivity contribution in [2.45, 2.75) is 64.1 Å². The van der Waals surface area contributed by atoms with Crippen LogP contribution in [0.5, 0.6) is 0 Å². The number of thiocarbonyl (C=S) groups is 1. The van der Waals surface area contributed by atoms with E-state index in [4.69, 9.17) is 17.0 Å². The maximum Gasteiger partial charge on any atom is 0.321 e. The van der Waals surface area contributed by atoms with Crippen molar-refractivity contribution in [3.05, 3.63) is 30.3 Å². The van der Waals surface area contributed by atoms with Crippen LogP contribution in [0.3, 0.4) is 0 Å². The molecule has 0 spiro atoms. The van der Waals surface area contributed by atoms with Crippen molar-refractivity contribution in [2.75, 3.05) is 24.2 Å². The van der Waals surface area contributed by atoms with Crippen LogP contribution in [-0.4, -0.2) is 63.2 Å². The molecular formula is C22H31N3O3S2. The summed E-state index contributed by atoms with van der Waals surface area (Å²) in [4.78, 5) is 28.7. The Balaban J connectivity index is 1.37. The first-order valence-electron chi connectivity index (χ1n) is 10.7. The van der Waals surface area contributed by atoms with E-state index in [-0.39, 0.29) is 23.9 Å². The molecule has 2 atom stereocenters. The van der Waals surface area contributed by atoms with Gasteiger partial charge in [0.25, 0.3) is 0 Å². The summed E-state index contributed by atoms with van der Waals surface area (Å²) in [5.41, 5.74) is 0.779. The van der Waals surface area contributed by atoms with Gasteiger partial charge < -0.3 is 19.9 Å². The van der Waals surface area contributed by atoms with E-state index in [2.05, 4.69) is 24.1 Å². The van der Waals surface area contributed by atoms with E-state index in [1.54, 1.807) is 4.90 Å². The summed E-state index contributed by atoms with van der Waals surface area (Å²) in [5.74, 6) is 0.00980. The molecule has 6 nitrogen and oxygen atoms in total. The summed E-state index contributed by atoms with van der Waals surface area (Å²) < 4.78 is 6.42. The van der Waals surface area contributed by atoms with E-state index in [9.17, 15) is 9.59 Å². The number of nitrogens with one attached hydrogen (secondary N) is 1. The number of anilines is 1. The molecule has 30 heavy (non-hydrogen) atoms. The number of benzene rings is 1. The molecule has 164 valence electrons. The second-order valence-electron chi connectivity index (χ2n) is 8.06. The molecule has 2 amide bonds. The lowest BCUT2D eigenvalue weighted by atomic mass is 9.99. The molecule has 1 aromatic carbocycles. The summed E-state index contributed by atoms with van der Waals surface area (Å²) in [5, 5.41) is 2.90. The van der Waals surface area contributed by atoms with Gasteiger partial charge in [-0.05, 0) is 45.2 Å². The van der Waals surface area contributed by atoms with Crippen LogP contribution in [0, 0.1) is 0 Å². The lowest BCUT2D eigenvalue weighted by molar-refractivity contribution is -0.147. The molecule has 1 aromatic rings. The van der Waals surface area contributed by atoms with E-state index in [1.165, 1.54) is 18.2 Å². The van der Waals surface area contributed by atoms with Crippen molar-refractivity contribution < 1.29 is 14.3 Å². The van der Waals surface area contributed by atoms with Gasteiger partial charge in [0.2, 0.25) is 0 Å². The number of piperidine rings is 2. The fourth-order valence-electron chi connectivity index (χ4n) is 4.10. The zero-order valence-corrected chi connectivity index (χ0v) is 19.3. The number of carbonyl (C=O) groups excluding carboxylic acids is 2. The quantitative estimate of drug-likeness (QED) is 0.539. The molecule has 0 bridgehead atoms. The Bertz CT molecular complexity index is 728. The molecule has 1 N–H and O–H groups in total.